The quantitative estimate of drug-likeness (QED) is 0.416. The first-order valence-corrected chi connectivity index (χ1v) is 11.7. The van der Waals surface area contributed by atoms with Crippen LogP contribution in [0.1, 0.15) is 57.8 Å². The zero-order chi connectivity index (χ0) is 22.9. The molecular formula is C24H23N5O3S. The van der Waals surface area contributed by atoms with Gasteiger partial charge in [0.1, 0.15) is 0 Å². The van der Waals surface area contributed by atoms with Crippen molar-refractivity contribution in [3.8, 4) is 5.82 Å². The number of ether oxygens (including phenoxy) is 1. The molecule has 0 aliphatic heterocycles. The van der Waals surface area contributed by atoms with Crippen molar-refractivity contribution in [1.29, 1.82) is 0 Å². The van der Waals surface area contributed by atoms with Crippen LogP contribution >= 0.6 is 11.3 Å². The van der Waals surface area contributed by atoms with Crippen molar-refractivity contribution in [3.63, 3.8) is 0 Å². The van der Waals surface area contributed by atoms with E-state index in [4.69, 9.17) is 9.72 Å². The Morgan fingerprint density at radius 2 is 2.12 bits per heavy atom. The zero-order valence-corrected chi connectivity index (χ0v) is 19.1. The number of carbonyl (C=O) groups excluding carboxylic acids is 2. The van der Waals surface area contributed by atoms with Crippen LogP contribution < -0.4 is 5.32 Å². The van der Waals surface area contributed by atoms with E-state index >= 15 is 0 Å². The summed E-state index contributed by atoms with van der Waals surface area (Å²) in [7, 11) is 1.35. The van der Waals surface area contributed by atoms with Crippen molar-refractivity contribution in [3.05, 3.63) is 69.8 Å². The molecule has 1 aliphatic rings. The Labute approximate surface area is 194 Å². The largest absolute Gasteiger partial charge is 0.469 e. The fourth-order valence-corrected chi connectivity index (χ4v) is 4.69. The first-order valence-electron chi connectivity index (χ1n) is 10.8. The molecule has 1 fully saturated rings. The molecule has 0 radical (unpaired) electrons. The van der Waals surface area contributed by atoms with Crippen LogP contribution in [0.2, 0.25) is 0 Å². The zero-order valence-electron chi connectivity index (χ0n) is 18.3. The maximum atomic E-state index is 13.6. The molecule has 8 nitrogen and oxygen atoms in total. The molecule has 1 amide bonds. The predicted molar refractivity (Wildman–Crippen MR) is 125 cm³/mol. The Bertz CT molecular complexity index is 1310. The van der Waals surface area contributed by atoms with Crippen molar-refractivity contribution in [2.75, 3.05) is 7.11 Å². The van der Waals surface area contributed by atoms with Gasteiger partial charge in [0.15, 0.2) is 11.5 Å². The van der Waals surface area contributed by atoms with E-state index in [0.717, 1.165) is 23.4 Å². The van der Waals surface area contributed by atoms with E-state index in [9.17, 15) is 9.59 Å². The summed E-state index contributed by atoms with van der Waals surface area (Å²) in [5, 5.41) is 10.3. The van der Waals surface area contributed by atoms with Gasteiger partial charge < -0.3 is 10.1 Å². The molecule has 1 N–H and O–H groups in total. The highest BCUT2D eigenvalue weighted by Crippen LogP contribution is 2.40. The van der Waals surface area contributed by atoms with Crippen LogP contribution in [-0.2, 0) is 9.53 Å². The van der Waals surface area contributed by atoms with Gasteiger partial charge in [-0.1, -0.05) is 12.1 Å². The van der Waals surface area contributed by atoms with Crippen molar-refractivity contribution in [1.82, 2.24) is 25.1 Å². The number of fused-ring (bicyclic) bond motifs is 1. The number of carbonyl (C=O) groups is 2. The van der Waals surface area contributed by atoms with Crippen molar-refractivity contribution >= 4 is 34.2 Å². The fourth-order valence-electron chi connectivity index (χ4n) is 3.91. The number of esters is 1. The summed E-state index contributed by atoms with van der Waals surface area (Å²) in [5.41, 5.74) is 2.69. The second-order valence-electron chi connectivity index (χ2n) is 8.07. The molecule has 1 saturated carbocycles. The standard InChI is InChI=1S/C24H23N5O3S/c1-14-22-16(24(31)27-18(13-21(30)32-2)19-6-5-11-33-19)12-17(15-8-9-15)26-23(22)29(28-14)20-7-3-4-10-25-20/h3-7,10-12,15,18H,8-9,13H2,1-2H3,(H,27,31). The highest BCUT2D eigenvalue weighted by molar-refractivity contribution is 7.10. The van der Waals surface area contributed by atoms with Crippen LogP contribution in [0.4, 0.5) is 0 Å². The second kappa shape index (κ2) is 8.74. The number of aryl methyl sites for hydroxylation is 1. The topological polar surface area (TPSA) is 99.0 Å². The molecule has 1 unspecified atom stereocenters. The molecule has 9 heteroatoms. The second-order valence-corrected chi connectivity index (χ2v) is 9.05. The summed E-state index contributed by atoms with van der Waals surface area (Å²) in [6.45, 7) is 1.86. The Morgan fingerprint density at radius 1 is 1.27 bits per heavy atom. The minimum Gasteiger partial charge on any atom is -0.469 e. The molecule has 5 rings (SSSR count). The normalized spacial score (nSPS) is 14.2. The Balaban J connectivity index is 1.59. The van der Waals surface area contributed by atoms with Gasteiger partial charge in [-0.25, -0.2) is 9.97 Å². The van der Waals surface area contributed by atoms with Gasteiger partial charge in [0.2, 0.25) is 0 Å². The van der Waals surface area contributed by atoms with Gasteiger partial charge in [0.25, 0.3) is 5.91 Å². The van der Waals surface area contributed by atoms with E-state index in [-0.39, 0.29) is 18.3 Å². The number of hydrogen-bond acceptors (Lipinski definition) is 7. The number of pyridine rings is 2. The van der Waals surface area contributed by atoms with Gasteiger partial charge in [-0.2, -0.15) is 9.78 Å². The molecule has 33 heavy (non-hydrogen) atoms. The molecule has 168 valence electrons. The van der Waals surface area contributed by atoms with E-state index in [1.807, 2.05) is 48.7 Å². The average molecular weight is 462 g/mol. The summed E-state index contributed by atoms with van der Waals surface area (Å²) < 4.78 is 6.54. The molecule has 4 heterocycles. The number of nitrogens with zero attached hydrogens (tertiary/aromatic N) is 4. The number of thiophene rings is 1. The lowest BCUT2D eigenvalue weighted by Gasteiger charge is -2.17. The van der Waals surface area contributed by atoms with Crippen molar-refractivity contribution in [2.45, 2.75) is 38.1 Å². The predicted octanol–water partition coefficient (Wildman–Crippen LogP) is 4.10. The number of methoxy groups -OCH3 is 1. The molecule has 0 aromatic carbocycles. The molecule has 0 bridgehead atoms. The van der Waals surface area contributed by atoms with Crippen molar-refractivity contribution in [2.24, 2.45) is 0 Å². The van der Waals surface area contributed by atoms with Gasteiger partial charge in [-0.3, -0.25) is 9.59 Å². The summed E-state index contributed by atoms with van der Waals surface area (Å²) in [4.78, 5) is 35.8. The lowest BCUT2D eigenvalue weighted by molar-refractivity contribution is -0.141. The molecular weight excluding hydrogens is 438 g/mol. The summed E-state index contributed by atoms with van der Waals surface area (Å²) in [6, 6.07) is 10.8. The smallest absolute Gasteiger partial charge is 0.307 e. The summed E-state index contributed by atoms with van der Waals surface area (Å²) in [6.07, 6.45) is 3.86. The summed E-state index contributed by atoms with van der Waals surface area (Å²) >= 11 is 1.49. The van der Waals surface area contributed by atoms with E-state index in [1.165, 1.54) is 18.4 Å². The maximum Gasteiger partial charge on any atom is 0.307 e. The van der Waals surface area contributed by atoms with Gasteiger partial charge in [-0.15, -0.1) is 11.3 Å². The average Bonchev–Trinajstić information content (AvgIpc) is 3.43. The fraction of sp³-hybridized carbons (Fsp3) is 0.292. The third kappa shape index (κ3) is 4.23. The Kier molecular flexibility index (Phi) is 5.63. The molecule has 0 saturated heterocycles. The van der Waals surface area contributed by atoms with Crippen LogP contribution in [0, 0.1) is 6.92 Å². The first-order chi connectivity index (χ1) is 16.0. The molecule has 4 aromatic rings. The van der Waals surface area contributed by atoms with Gasteiger partial charge in [-0.05, 0) is 49.4 Å². The number of hydrogen-bond donors (Lipinski definition) is 1. The van der Waals surface area contributed by atoms with Gasteiger partial charge in [0.05, 0.1) is 36.2 Å². The highest BCUT2D eigenvalue weighted by Gasteiger charge is 2.30. The third-order valence-electron chi connectivity index (χ3n) is 5.73. The van der Waals surface area contributed by atoms with Gasteiger partial charge >= 0.3 is 5.97 Å². The highest BCUT2D eigenvalue weighted by atomic mass is 32.1. The number of amides is 1. The lowest BCUT2D eigenvalue weighted by Crippen LogP contribution is -2.30. The van der Waals surface area contributed by atoms with Crippen LogP contribution in [-0.4, -0.2) is 38.7 Å². The van der Waals surface area contributed by atoms with Crippen LogP contribution in [0.25, 0.3) is 16.9 Å². The van der Waals surface area contributed by atoms with Gasteiger partial charge in [0, 0.05) is 22.7 Å². The monoisotopic (exact) mass is 461 g/mol. The Morgan fingerprint density at radius 3 is 2.79 bits per heavy atom. The minimum atomic E-state index is -0.483. The molecule has 1 atom stereocenters. The van der Waals surface area contributed by atoms with E-state index in [2.05, 4.69) is 15.4 Å². The third-order valence-corrected chi connectivity index (χ3v) is 6.72. The summed E-state index contributed by atoms with van der Waals surface area (Å²) in [5.74, 6) is 0.336. The number of rotatable bonds is 7. The van der Waals surface area contributed by atoms with Crippen LogP contribution in [0.3, 0.4) is 0 Å². The first kappa shape index (κ1) is 21.3. The van der Waals surface area contributed by atoms with E-state index in [0.29, 0.717) is 34.0 Å². The Hall–Kier alpha value is -3.59. The number of nitrogens with one attached hydrogen (secondary N) is 1. The van der Waals surface area contributed by atoms with E-state index < -0.39 is 6.04 Å². The SMILES string of the molecule is COC(=O)CC(NC(=O)c1cc(C2CC2)nc2c1c(C)nn2-c1ccccn1)c1cccs1. The minimum absolute atomic E-state index is 0.0542. The van der Waals surface area contributed by atoms with E-state index in [1.54, 1.807) is 10.9 Å². The lowest BCUT2D eigenvalue weighted by atomic mass is 10.1. The molecule has 4 aromatic heterocycles. The van der Waals surface area contributed by atoms with Crippen LogP contribution in [0.15, 0.2) is 48.0 Å². The molecule has 0 spiro atoms. The maximum absolute atomic E-state index is 13.6. The van der Waals surface area contributed by atoms with Crippen LogP contribution in [0.5, 0.6) is 0 Å². The van der Waals surface area contributed by atoms with Crippen molar-refractivity contribution < 1.29 is 14.3 Å². The molecule has 1 aliphatic carbocycles. The number of aromatic nitrogens is 4.